The topological polar surface area (TPSA) is 26.0 Å². The lowest BCUT2D eigenvalue weighted by Gasteiger charge is -2.08. The van der Waals surface area contributed by atoms with Gasteiger partial charge in [-0.15, -0.1) is 0 Å². The summed E-state index contributed by atoms with van der Waals surface area (Å²) in [6.07, 6.45) is 4.33. The Morgan fingerprint density at radius 1 is 1.44 bits per heavy atom. The van der Waals surface area contributed by atoms with Crippen molar-refractivity contribution in [1.82, 2.24) is 0 Å². The van der Waals surface area contributed by atoms with E-state index in [1.807, 2.05) is 6.42 Å². The van der Waals surface area contributed by atoms with E-state index in [0.717, 1.165) is 0 Å². The van der Waals surface area contributed by atoms with Gasteiger partial charge in [0.2, 0.25) is 0 Å². The zero-order valence-corrected chi connectivity index (χ0v) is 6.21. The fourth-order valence-corrected chi connectivity index (χ4v) is 1.04. The van der Waals surface area contributed by atoms with E-state index in [-0.39, 0.29) is 0 Å². The van der Waals surface area contributed by atoms with Crippen molar-refractivity contribution in [2.45, 2.75) is 6.42 Å². The molecule has 1 radical (unpaired) electrons. The van der Waals surface area contributed by atoms with Crippen LogP contribution in [0.2, 0.25) is 0 Å². The van der Waals surface area contributed by atoms with Gasteiger partial charge in [0.25, 0.3) is 0 Å². The lowest BCUT2D eigenvalue weighted by atomic mass is 10.1. The minimum atomic E-state index is 0.501. The average Bonchev–Trinajstić information content (AvgIpc) is 1.83. The van der Waals surface area contributed by atoms with Crippen LogP contribution in [0.1, 0.15) is 6.42 Å². The highest BCUT2D eigenvalue weighted by atomic mass is 35.5. The molecule has 1 aliphatic rings. The number of hydrogen-bond donors (Lipinski definition) is 1. The van der Waals surface area contributed by atoms with Crippen LogP contribution in [0.3, 0.4) is 0 Å². The summed E-state index contributed by atoms with van der Waals surface area (Å²) in [4.78, 5) is 0. The molecule has 0 aliphatic heterocycles. The van der Waals surface area contributed by atoms with Gasteiger partial charge in [-0.2, -0.15) is 0 Å². The second-order valence-electron chi connectivity index (χ2n) is 1.77. The van der Waals surface area contributed by atoms with Gasteiger partial charge in [0.1, 0.15) is 0 Å². The summed E-state index contributed by atoms with van der Waals surface area (Å²) in [6.45, 7) is 0. The highest BCUT2D eigenvalue weighted by molar-refractivity contribution is 6.36. The maximum atomic E-state index is 5.66. The van der Waals surface area contributed by atoms with Gasteiger partial charge in [-0.1, -0.05) is 29.3 Å². The van der Waals surface area contributed by atoms with Gasteiger partial charge in [0, 0.05) is 5.03 Å². The summed E-state index contributed by atoms with van der Waals surface area (Å²) in [7, 11) is 0. The average molecular weight is 163 g/mol. The molecule has 1 nitrogen and oxygen atoms in total. The third-order valence-electron chi connectivity index (χ3n) is 1.11. The second kappa shape index (κ2) is 2.63. The molecule has 0 bridgehead atoms. The molecule has 0 saturated carbocycles. The van der Waals surface area contributed by atoms with Crippen molar-refractivity contribution in [1.29, 1.82) is 0 Å². The van der Waals surface area contributed by atoms with Gasteiger partial charge in [0.05, 0.1) is 10.7 Å². The largest absolute Gasteiger partial charge is 0.397 e. The van der Waals surface area contributed by atoms with Crippen LogP contribution in [-0.2, 0) is 0 Å². The van der Waals surface area contributed by atoms with Crippen LogP contribution in [-0.4, -0.2) is 0 Å². The Bertz CT molecular complexity index is 181. The Balaban J connectivity index is 2.88. The first kappa shape index (κ1) is 6.97. The SMILES string of the molecule is NC1=C(Cl)C[CH]C=C1Cl. The molecule has 0 fully saturated rings. The lowest BCUT2D eigenvalue weighted by molar-refractivity contribution is 1.16. The smallest absolute Gasteiger partial charge is 0.0647 e. The first-order chi connectivity index (χ1) is 4.22. The number of halogens is 2. The van der Waals surface area contributed by atoms with Gasteiger partial charge >= 0.3 is 0 Å². The van der Waals surface area contributed by atoms with Crippen molar-refractivity contribution < 1.29 is 0 Å². The number of rotatable bonds is 0. The molecule has 1 aliphatic carbocycles. The van der Waals surface area contributed by atoms with Gasteiger partial charge < -0.3 is 5.73 Å². The van der Waals surface area contributed by atoms with Crippen LogP contribution < -0.4 is 5.73 Å². The van der Waals surface area contributed by atoms with Crippen molar-refractivity contribution in [2.24, 2.45) is 5.73 Å². The van der Waals surface area contributed by atoms with Crippen LogP contribution >= 0.6 is 23.2 Å². The van der Waals surface area contributed by atoms with E-state index in [4.69, 9.17) is 28.9 Å². The molecule has 0 amide bonds. The van der Waals surface area contributed by atoms with Gasteiger partial charge in [-0.05, 0) is 12.8 Å². The van der Waals surface area contributed by atoms with Crippen LogP contribution in [0, 0.1) is 6.42 Å². The van der Waals surface area contributed by atoms with Crippen LogP contribution in [0.25, 0.3) is 0 Å². The van der Waals surface area contributed by atoms with Crippen LogP contribution in [0.4, 0.5) is 0 Å². The van der Waals surface area contributed by atoms with Crippen LogP contribution in [0.15, 0.2) is 21.8 Å². The van der Waals surface area contributed by atoms with E-state index in [1.54, 1.807) is 6.08 Å². The fourth-order valence-electron chi connectivity index (χ4n) is 0.595. The molecule has 0 spiro atoms. The first-order valence-corrected chi connectivity index (χ1v) is 3.31. The lowest BCUT2D eigenvalue weighted by Crippen LogP contribution is -2.03. The molecule has 3 heteroatoms. The fraction of sp³-hybridized carbons (Fsp3) is 0.167. The Kier molecular flexibility index (Phi) is 2.04. The van der Waals surface area contributed by atoms with E-state index in [9.17, 15) is 0 Å². The summed E-state index contributed by atoms with van der Waals surface area (Å²) in [5.41, 5.74) is 5.95. The highest BCUT2D eigenvalue weighted by Crippen LogP contribution is 2.25. The Morgan fingerprint density at radius 3 is 2.56 bits per heavy atom. The van der Waals surface area contributed by atoms with Gasteiger partial charge in [0.15, 0.2) is 0 Å². The van der Waals surface area contributed by atoms with Crippen LogP contribution in [0.5, 0.6) is 0 Å². The number of nitrogens with two attached hydrogens (primary N) is 1. The molecular formula is C6H6Cl2N. The van der Waals surface area contributed by atoms with E-state index < -0.39 is 0 Å². The van der Waals surface area contributed by atoms with Gasteiger partial charge in [-0.25, -0.2) is 0 Å². The molecule has 0 aromatic carbocycles. The predicted molar refractivity (Wildman–Crippen MR) is 39.9 cm³/mol. The maximum Gasteiger partial charge on any atom is 0.0647 e. The number of allylic oxidation sites excluding steroid dienone is 3. The van der Waals surface area contributed by atoms with E-state index in [2.05, 4.69) is 0 Å². The van der Waals surface area contributed by atoms with Gasteiger partial charge in [-0.3, -0.25) is 0 Å². The third kappa shape index (κ3) is 1.41. The summed E-state index contributed by atoms with van der Waals surface area (Å²) in [5.74, 6) is 0. The predicted octanol–water partition coefficient (Wildman–Crippen LogP) is 2.13. The molecular weight excluding hydrogens is 157 g/mol. The monoisotopic (exact) mass is 162 g/mol. The highest BCUT2D eigenvalue weighted by Gasteiger charge is 2.08. The first-order valence-electron chi connectivity index (χ1n) is 2.55. The normalized spacial score (nSPS) is 20.0. The molecule has 0 unspecified atom stereocenters. The molecule has 2 N–H and O–H groups in total. The zero-order chi connectivity index (χ0) is 6.85. The van der Waals surface area contributed by atoms with Crippen molar-refractivity contribution in [3.63, 3.8) is 0 Å². The van der Waals surface area contributed by atoms with Crippen molar-refractivity contribution in [2.75, 3.05) is 0 Å². The Morgan fingerprint density at radius 2 is 2.11 bits per heavy atom. The summed E-state index contributed by atoms with van der Waals surface area (Å²) in [5, 5.41) is 1.16. The minimum Gasteiger partial charge on any atom is -0.397 e. The molecule has 9 heavy (non-hydrogen) atoms. The second-order valence-corrected chi connectivity index (χ2v) is 2.64. The van der Waals surface area contributed by atoms with Crippen molar-refractivity contribution >= 4 is 23.2 Å². The van der Waals surface area contributed by atoms with E-state index in [0.29, 0.717) is 22.2 Å². The quantitative estimate of drug-likeness (QED) is 0.581. The summed E-state index contributed by atoms with van der Waals surface area (Å²) in [6, 6.07) is 0. The maximum absolute atomic E-state index is 5.66. The zero-order valence-electron chi connectivity index (χ0n) is 4.70. The number of hydrogen-bond acceptors (Lipinski definition) is 1. The third-order valence-corrected chi connectivity index (χ3v) is 1.80. The molecule has 0 atom stereocenters. The van der Waals surface area contributed by atoms with E-state index in [1.165, 1.54) is 0 Å². The standard InChI is InChI=1S/C6H6Cl2N/c7-4-2-1-3-5(8)6(4)9/h1-2H,3,9H2. The van der Waals surface area contributed by atoms with Crippen molar-refractivity contribution in [3.8, 4) is 0 Å². The minimum absolute atomic E-state index is 0.501. The molecule has 0 aromatic rings. The Labute approximate surface area is 64.1 Å². The van der Waals surface area contributed by atoms with Crippen molar-refractivity contribution in [3.05, 3.63) is 28.3 Å². The molecule has 1 rings (SSSR count). The molecule has 0 saturated heterocycles. The molecule has 0 aromatic heterocycles. The molecule has 49 valence electrons. The summed E-state index contributed by atoms with van der Waals surface area (Å²) >= 11 is 11.3. The Hall–Kier alpha value is -0.140. The summed E-state index contributed by atoms with van der Waals surface area (Å²) < 4.78 is 0. The molecule has 0 heterocycles. The van der Waals surface area contributed by atoms with E-state index >= 15 is 0 Å².